The van der Waals surface area contributed by atoms with Crippen molar-refractivity contribution in [2.75, 3.05) is 89.5 Å². The third kappa shape index (κ3) is 5.49. The highest BCUT2D eigenvalue weighted by Gasteiger charge is 2.26. The molecule has 0 N–H and O–H groups in total. The van der Waals surface area contributed by atoms with Crippen molar-refractivity contribution in [2.45, 2.75) is 18.9 Å². The van der Waals surface area contributed by atoms with Crippen LogP contribution in [0.5, 0.6) is 11.5 Å². The van der Waals surface area contributed by atoms with Crippen molar-refractivity contribution in [3.05, 3.63) is 35.9 Å². The maximum absolute atomic E-state index is 13.0. The summed E-state index contributed by atoms with van der Waals surface area (Å²) in [6.07, 6.45) is 2.78. The summed E-state index contributed by atoms with van der Waals surface area (Å²) >= 11 is 0. The molecule has 10 nitrogen and oxygen atoms in total. The van der Waals surface area contributed by atoms with E-state index in [1.165, 1.54) is 12.8 Å². The minimum Gasteiger partial charge on any atom is -0.493 e. The molecule has 1 aromatic heterocycles. The van der Waals surface area contributed by atoms with Gasteiger partial charge in [-0.1, -0.05) is 0 Å². The molecule has 2 aromatic rings. The maximum atomic E-state index is 13.0. The number of nitrogens with zero attached hydrogens (tertiary/aromatic N) is 6. The molecule has 5 rings (SSSR count). The third-order valence-electron chi connectivity index (χ3n) is 7.34. The molecule has 1 aromatic carbocycles. The second kappa shape index (κ2) is 11.3. The number of hydrogen-bond donors (Lipinski definition) is 0. The van der Waals surface area contributed by atoms with Crippen molar-refractivity contribution in [3.8, 4) is 11.5 Å². The van der Waals surface area contributed by atoms with Crippen molar-refractivity contribution in [1.29, 1.82) is 0 Å². The average molecular weight is 497 g/mol. The van der Waals surface area contributed by atoms with Crippen LogP contribution in [-0.2, 0) is 4.74 Å². The van der Waals surface area contributed by atoms with Crippen molar-refractivity contribution >= 4 is 17.5 Å². The Labute approximate surface area is 212 Å². The number of aromatic nitrogens is 2. The lowest BCUT2D eigenvalue weighted by atomic mass is 10.1. The lowest BCUT2D eigenvalue weighted by Gasteiger charge is -2.37. The number of carbonyl (C=O) groups is 1. The van der Waals surface area contributed by atoms with Gasteiger partial charge in [0.15, 0.2) is 23.1 Å². The standard InChI is InChI=1S/C26H36N6O4/c1-34-22-6-5-20(18-23(22)35-2)26(33)32-15-13-31(14-16-32)25-8-7-24(27-28-25)30-11-9-29(10-12-30)19-21-4-3-17-36-21/h5-8,18,21H,3-4,9-17,19H2,1-2H3. The fourth-order valence-corrected chi connectivity index (χ4v) is 5.18. The van der Waals surface area contributed by atoms with Crippen LogP contribution in [0.25, 0.3) is 0 Å². The highest BCUT2D eigenvalue weighted by molar-refractivity contribution is 5.95. The van der Waals surface area contributed by atoms with Crippen LogP contribution < -0.4 is 19.3 Å². The molecule has 0 saturated carbocycles. The third-order valence-corrected chi connectivity index (χ3v) is 7.34. The number of hydrogen-bond acceptors (Lipinski definition) is 9. The van der Waals surface area contributed by atoms with E-state index in [2.05, 4.69) is 31.0 Å². The smallest absolute Gasteiger partial charge is 0.254 e. The Bertz CT molecular complexity index is 1010. The molecule has 36 heavy (non-hydrogen) atoms. The first-order valence-corrected chi connectivity index (χ1v) is 12.8. The van der Waals surface area contributed by atoms with Crippen LogP contribution in [-0.4, -0.2) is 112 Å². The largest absolute Gasteiger partial charge is 0.493 e. The van der Waals surface area contributed by atoms with Gasteiger partial charge in [-0.2, -0.15) is 0 Å². The fourth-order valence-electron chi connectivity index (χ4n) is 5.18. The lowest BCUT2D eigenvalue weighted by molar-refractivity contribution is 0.0712. The minimum absolute atomic E-state index is 0.00401. The number of carbonyl (C=O) groups excluding carboxylic acids is 1. The Morgan fingerprint density at radius 3 is 2.08 bits per heavy atom. The Hall–Kier alpha value is -3.11. The van der Waals surface area contributed by atoms with Gasteiger partial charge in [0, 0.05) is 71.1 Å². The van der Waals surface area contributed by atoms with Crippen LogP contribution in [0.15, 0.2) is 30.3 Å². The van der Waals surface area contributed by atoms with E-state index in [-0.39, 0.29) is 5.91 Å². The summed E-state index contributed by atoms with van der Waals surface area (Å²) in [5.74, 6) is 2.95. The summed E-state index contributed by atoms with van der Waals surface area (Å²) in [4.78, 5) is 21.9. The van der Waals surface area contributed by atoms with E-state index in [9.17, 15) is 4.79 Å². The topological polar surface area (TPSA) is 83.5 Å². The van der Waals surface area contributed by atoms with Gasteiger partial charge in [0.1, 0.15) is 0 Å². The molecule has 0 bridgehead atoms. The number of methoxy groups -OCH3 is 2. The van der Waals surface area contributed by atoms with Gasteiger partial charge in [-0.05, 0) is 43.2 Å². The van der Waals surface area contributed by atoms with Gasteiger partial charge in [0.05, 0.1) is 20.3 Å². The molecule has 3 fully saturated rings. The Morgan fingerprint density at radius 2 is 1.53 bits per heavy atom. The van der Waals surface area contributed by atoms with Crippen LogP contribution in [0.2, 0.25) is 0 Å². The Balaban J connectivity index is 1.11. The molecule has 0 radical (unpaired) electrons. The number of ether oxygens (including phenoxy) is 3. The highest BCUT2D eigenvalue weighted by Crippen LogP contribution is 2.28. The lowest BCUT2D eigenvalue weighted by Crippen LogP contribution is -2.49. The molecule has 0 aliphatic carbocycles. The summed E-state index contributed by atoms with van der Waals surface area (Å²) < 4.78 is 16.4. The van der Waals surface area contributed by atoms with Gasteiger partial charge in [0.25, 0.3) is 5.91 Å². The molecular formula is C26H36N6O4. The van der Waals surface area contributed by atoms with Crippen LogP contribution in [0.3, 0.4) is 0 Å². The predicted molar refractivity (Wildman–Crippen MR) is 137 cm³/mol. The van der Waals surface area contributed by atoms with E-state index < -0.39 is 0 Å². The molecule has 3 aliphatic heterocycles. The predicted octanol–water partition coefficient (Wildman–Crippen LogP) is 1.76. The molecule has 10 heteroatoms. The van der Waals surface area contributed by atoms with Gasteiger partial charge in [-0.3, -0.25) is 9.69 Å². The highest BCUT2D eigenvalue weighted by atomic mass is 16.5. The molecule has 4 heterocycles. The first-order chi connectivity index (χ1) is 17.6. The van der Waals surface area contributed by atoms with Gasteiger partial charge in [-0.15, -0.1) is 10.2 Å². The van der Waals surface area contributed by atoms with E-state index in [0.29, 0.717) is 36.3 Å². The number of amides is 1. The zero-order chi connectivity index (χ0) is 24.9. The molecular weight excluding hydrogens is 460 g/mol. The van der Waals surface area contributed by atoms with E-state index in [1.54, 1.807) is 32.4 Å². The molecule has 194 valence electrons. The van der Waals surface area contributed by atoms with Gasteiger partial charge >= 0.3 is 0 Å². The summed E-state index contributed by atoms with van der Waals surface area (Å²) in [7, 11) is 3.16. The van der Waals surface area contributed by atoms with Crippen LogP contribution >= 0.6 is 0 Å². The first-order valence-electron chi connectivity index (χ1n) is 12.8. The second-order valence-corrected chi connectivity index (χ2v) is 9.52. The average Bonchev–Trinajstić information content (AvgIpc) is 3.46. The summed E-state index contributed by atoms with van der Waals surface area (Å²) in [5.41, 5.74) is 0.598. The summed E-state index contributed by atoms with van der Waals surface area (Å²) in [5, 5.41) is 9.04. The number of benzene rings is 1. The van der Waals surface area contributed by atoms with Gasteiger partial charge < -0.3 is 28.9 Å². The second-order valence-electron chi connectivity index (χ2n) is 9.52. The number of piperazine rings is 2. The first kappa shape index (κ1) is 24.6. The Morgan fingerprint density at radius 1 is 0.889 bits per heavy atom. The molecule has 3 saturated heterocycles. The fraction of sp³-hybridized carbons (Fsp3) is 0.577. The quantitative estimate of drug-likeness (QED) is 0.569. The molecule has 1 amide bonds. The van der Waals surface area contributed by atoms with Crippen LogP contribution in [0.1, 0.15) is 23.2 Å². The zero-order valence-corrected chi connectivity index (χ0v) is 21.3. The Kier molecular flexibility index (Phi) is 7.72. The van der Waals surface area contributed by atoms with Crippen molar-refractivity contribution in [3.63, 3.8) is 0 Å². The molecule has 3 aliphatic rings. The molecule has 0 spiro atoms. The normalized spacial score (nSPS) is 21.1. The van der Waals surface area contributed by atoms with Crippen LogP contribution in [0, 0.1) is 0 Å². The molecule has 1 unspecified atom stereocenters. The van der Waals surface area contributed by atoms with E-state index >= 15 is 0 Å². The van der Waals surface area contributed by atoms with E-state index in [0.717, 1.165) is 64.1 Å². The zero-order valence-electron chi connectivity index (χ0n) is 21.3. The molecule has 1 atom stereocenters. The van der Waals surface area contributed by atoms with Gasteiger partial charge in [0.2, 0.25) is 0 Å². The van der Waals surface area contributed by atoms with E-state index in [4.69, 9.17) is 14.2 Å². The maximum Gasteiger partial charge on any atom is 0.254 e. The number of anilines is 2. The minimum atomic E-state index is -0.00401. The number of rotatable bonds is 7. The SMILES string of the molecule is COc1ccc(C(=O)N2CCN(c3ccc(N4CCN(CC5CCCO5)CC4)nn3)CC2)cc1OC. The van der Waals surface area contributed by atoms with Crippen LogP contribution in [0.4, 0.5) is 11.6 Å². The van der Waals surface area contributed by atoms with Crippen molar-refractivity contribution < 1.29 is 19.0 Å². The monoisotopic (exact) mass is 496 g/mol. The van der Waals surface area contributed by atoms with E-state index in [1.807, 2.05) is 11.0 Å². The van der Waals surface area contributed by atoms with Crippen molar-refractivity contribution in [1.82, 2.24) is 20.0 Å². The van der Waals surface area contributed by atoms with Crippen molar-refractivity contribution in [2.24, 2.45) is 0 Å². The summed E-state index contributed by atoms with van der Waals surface area (Å²) in [6.45, 7) is 8.61. The summed E-state index contributed by atoms with van der Waals surface area (Å²) in [6, 6.07) is 9.40. The van der Waals surface area contributed by atoms with Gasteiger partial charge in [-0.25, -0.2) is 0 Å².